The zero-order valence-corrected chi connectivity index (χ0v) is 13.4. The van der Waals surface area contributed by atoms with Gasteiger partial charge in [0.15, 0.2) is 0 Å². The lowest BCUT2D eigenvalue weighted by Gasteiger charge is -2.04. The van der Waals surface area contributed by atoms with Gasteiger partial charge in [0.1, 0.15) is 5.82 Å². The molecule has 1 aromatic heterocycles. The smallest absolute Gasteiger partial charge is 0.335 e. The van der Waals surface area contributed by atoms with Crippen molar-refractivity contribution in [2.75, 3.05) is 0 Å². The summed E-state index contributed by atoms with van der Waals surface area (Å²) in [6.07, 6.45) is 0. The molecule has 0 saturated heterocycles. The fourth-order valence-electron chi connectivity index (χ4n) is 1.68. The van der Waals surface area contributed by atoms with Crippen LogP contribution < -0.4 is 5.32 Å². The SMILES string of the molecule is CC(C)C(=O)NCc1nnc(S(=O)(=O)Cc2ccccc2F)o1. The van der Waals surface area contributed by atoms with E-state index in [9.17, 15) is 17.6 Å². The normalized spacial score (nSPS) is 11.7. The number of halogens is 1. The molecule has 0 spiro atoms. The summed E-state index contributed by atoms with van der Waals surface area (Å²) >= 11 is 0. The van der Waals surface area contributed by atoms with Gasteiger partial charge in [-0.2, -0.15) is 0 Å². The van der Waals surface area contributed by atoms with E-state index >= 15 is 0 Å². The van der Waals surface area contributed by atoms with Crippen molar-refractivity contribution in [2.45, 2.75) is 31.4 Å². The van der Waals surface area contributed by atoms with Crippen molar-refractivity contribution in [3.8, 4) is 0 Å². The maximum Gasteiger partial charge on any atom is 0.335 e. The van der Waals surface area contributed by atoms with Crippen molar-refractivity contribution >= 4 is 15.7 Å². The van der Waals surface area contributed by atoms with E-state index in [1.807, 2.05) is 0 Å². The molecule has 2 rings (SSSR count). The van der Waals surface area contributed by atoms with Gasteiger partial charge in [0.05, 0.1) is 12.3 Å². The molecule has 1 amide bonds. The highest BCUT2D eigenvalue weighted by Crippen LogP contribution is 2.17. The second-order valence-electron chi connectivity index (χ2n) is 5.18. The standard InChI is InChI=1S/C14H16FN3O4S/c1-9(2)13(19)16-7-12-17-18-14(22-12)23(20,21)8-10-5-3-4-6-11(10)15/h3-6,9H,7-8H2,1-2H3,(H,16,19). The van der Waals surface area contributed by atoms with Crippen LogP contribution in [-0.4, -0.2) is 24.5 Å². The van der Waals surface area contributed by atoms with Gasteiger partial charge in [0.2, 0.25) is 21.6 Å². The van der Waals surface area contributed by atoms with Gasteiger partial charge in [-0.1, -0.05) is 37.1 Å². The first kappa shape index (κ1) is 17.1. The Balaban J connectivity index is 2.10. The molecule has 0 radical (unpaired) electrons. The molecular weight excluding hydrogens is 325 g/mol. The number of aromatic nitrogens is 2. The summed E-state index contributed by atoms with van der Waals surface area (Å²) in [5.41, 5.74) is 0.0142. The van der Waals surface area contributed by atoms with E-state index < -0.39 is 26.6 Å². The van der Waals surface area contributed by atoms with Crippen molar-refractivity contribution in [3.05, 3.63) is 41.5 Å². The molecular formula is C14H16FN3O4S. The topological polar surface area (TPSA) is 102 Å². The molecule has 0 bridgehead atoms. The van der Waals surface area contributed by atoms with Crippen LogP contribution in [0.1, 0.15) is 25.3 Å². The van der Waals surface area contributed by atoms with Crippen LogP contribution in [0.25, 0.3) is 0 Å². The lowest BCUT2D eigenvalue weighted by Crippen LogP contribution is -2.27. The van der Waals surface area contributed by atoms with Crippen LogP contribution in [0.2, 0.25) is 0 Å². The fraction of sp³-hybridized carbons (Fsp3) is 0.357. The van der Waals surface area contributed by atoms with Gasteiger partial charge in [0.25, 0.3) is 0 Å². The molecule has 0 aliphatic rings. The second kappa shape index (κ2) is 6.86. The Morgan fingerprint density at radius 2 is 2.00 bits per heavy atom. The first-order valence-electron chi connectivity index (χ1n) is 6.86. The van der Waals surface area contributed by atoms with Crippen molar-refractivity contribution in [3.63, 3.8) is 0 Å². The second-order valence-corrected chi connectivity index (χ2v) is 7.05. The van der Waals surface area contributed by atoms with E-state index in [1.54, 1.807) is 13.8 Å². The fourth-order valence-corrected chi connectivity index (χ4v) is 2.84. The maximum atomic E-state index is 13.5. The Kier molecular flexibility index (Phi) is 5.09. The van der Waals surface area contributed by atoms with Crippen molar-refractivity contribution in [1.29, 1.82) is 0 Å². The first-order valence-corrected chi connectivity index (χ1v) is 8.51. The number of sulfone groups is 1. The Bertz CT molecular complexity index is 802. The van der Waals surface area contributed by atoms with E-state index in [4.69, 9.17) is 4.42 Å². The molecule has 23 heavy (non-hydrogen) atoms. The number of benzene rings is 1. The summed E-state index contributed by atoms with van der Waals surface area (Å²) in [6, 6.07) is 5.54. The van der Waals surface area contributed by atoms with Crippen LogP contribution in [-0.2, 0) is 26.9 Å². The summed E-state index contributed by atoms with van der Waals surface area (Å²) in [5.74, 6) is -1.69. The highest BCUT2D eigenvalue weighted by Gasteiger charge is 2.24. The van der Waals surface area contributed by atoms with E-state index in [-0.39, 0.29) is 29.8 Å². The lowest BCUT2D eigenvalue weighted by molar-refractivity contribution is -0.124. The van der Waals surface area contributed by atoms with E-state index in [2.05, 4.69) is 15.5 Å². The zero-order valence-electron chi connectivity index (χ0n) is 12.6. The van der Waals surface area contributed by atoms with E-state index in [1.165, 1.54) is 24.3 Å². The monoisotopic (exact) mass is 341 g/mol. The third-order valence-electron chi connectivity index (χ3n) is 2.96. The average molecular weight is 341 g/mol. The number of nitrogens with zero attached hydrogens (tertiary/aromatic N) is 2. The van der Waals surface area contributed by atoms with Gasteiger partial charge in [-0.15, -0.1) is 5.10 Å². The van der Waals surface area contributed by atoms with Crippen molar-refractivity contribution in [1.82, 2.24) is 15.5 Å². The average Bonchev–Trinajstić information content (AvgIpc) is 2.96. The van der Waals surface area contributed by atoms with Crippen LogP contribution in [0.5, 0.6) is 0 Å². The van der Waals surface area contributed by atoms with Crippen LogP contribution in [0.3, 0.4) is 0 Å². The molecule has 9 heteroatoms. The minimum absolute atomic E-state index is 0.0142. The molecule has 124 valence electrons. The number of hydrogen-bond donors (Lipinski definition) is 1. The number of rotatable bonds is 6. The molecule has 0 fully saturated rings. The minimum Gasteiger partial charge on any atom is -0.411 e. The largest absolute Gasteiger partial charge is 0.411 e. The number of amides is 1. The van der Waals surface area contributed by atoms with Crippen LogP contribution in [0, 0.1) is 11.7 Å². The number of carbonyl (C=O) groups is 1. The third kappa shape index (κ3) is 4.35. The number of nitrogens with one attached hydrogen (secondary N) is 1. The molecule has 1 aromatic carbocycles. The molecule has 2 aromatic rings. The summed E-state index contributed by atoms with van der Waals surface area (Å²) < 4.78 is 42.9. The van der Waals surface area contributed by atoms with Gasteiger partial charge in [0, 0.05) is 11.5 Å². The highest BCUT2D eigenvalue weighted by atomic mass is 32.2. The van der Waals surface area contributed by atoms with Gasteiger partial charge in [-0.3, -0.25) is 4.79 Å². The van der Waals surface area contributed by atoms with Gasteiger partial charge < -0.3 is 9.73 Å². The van der Waals surface area contributed by atoms with Crippen molar-refractivity contribution in [2.24, 2.45) is 5.92 Å². The molecule has 7 nitrogen and oxygen atoms in total. The molecule has 0 atom stereocenters. The molecule has 0 unspecified atom stereocenters. The van der Waals surface area contributed by atoms with E-state index in [0.29, 0.717) is 0 Å². The van der Waals surface area contributed by atoms with Crippen molar-refractivity contribution < 1.29 is 22.0 Å². The summed E-state index contributed by atoms with van der Waals surface area (Å²) in [7, 11) is -3.96. The van der Waals surface area contributed by atoms with Crippen LogP contribution in [0.4, 0.5) is 4.39 Å². The van der Waals surface area contributed by atoms with Gasteiger partial charge in [-0.25, -0.2) is 12.8 Å². The maximum absolute atomic E-state index is 13.5. The van der Waals surface area contributed by atoms with Gasteiger partial charge >= 0.3 is 5.22 Å². The Labute approximate surface area is 132 Å². The Morgan fingerprint density at radius 3 is 2.65 bits per heavy atom. The molecule has 1 heterocycles. The molecule has 1 N–H and O–H groups in total. The molecule has 0 aliphatic carbocycles. The summed E-state index contributed by atoms with van der Waals surface area (Å²) in [4.78, 5) is 11.4. The Hall–Kier alpha value is -2.29. The number of hydrogen-bond acceptors (Lipinski definition) is 6. The number of carbonyl (C=O) groups excluding carboxylic acids is 1. The molecule has 0 saturated carbocycles. The Morgan fingerprint density at radius 1 is 1.30 bits per heavy atom. The predicted molar refractivity (Wildman–Crippen MR) is 78.3 cm³/mol. The van der Waals surface area contributed by atoms with Crippen LogP contribution in [0.15, 0.2) is 33.9 Å². The van der Waals surface area contributed by atoms with Crippen LogP contribution >= 0.6 is 0 Å². The first-order chi connectivity index (χ1) is 10.8. The quantitative estimate of drug-likeness (QED) is 0.853. The summed E-state index contributed by atoms with van der Waals surface area (Å²) in [5, 5.41) is 8.96. The lowest BCUT2D eigenvalue weighted by atomic mass is 10.2. The highest BCUT2D eigenvalue weighted by molar-refractivity contribution is 7.90. The summed E-state index contributed by atoms with van der Waals surface area (Å²) in [6.45, 7) is 3.36. The molecule has 0 aliphatic heterocycles. The van der Waals surface area contributed by atoms with Gasteiger partial charge in [-0.05, 0) is 6.07 Å². The van der Waals surface area contributed by atoms with E-state index in [0.717, 1.165) is 0 Å². The predicted octanol–water partition coefficient (Wildman–Crippen LogP) is 1.45. The zero-order chi connectivity index (χ0) is 17.0. The minimum atomic E-state index is -3.96. The third-order valence-corrected chi connectivity index (χ3v) is 4.34.